The molecule has 0 aliphatic carbocycles. The maximum atomic E-state index is 11.7. The number of rotatable bonds is 11. The van der Waals surface area contributed by atoms with Gasteiger partial charge in [-0.25, -0.2) is 14.4 Å². The fourth-order valence-corrected chi connectivity index (χ4v) is 2.16. The Balaban J connectivity index is 2.01. The molecule has 1 aromatic carbocycles. The van der Waals surface area contributed by atoms with Gasteiger partial charge in [0.1, 0.15) is 19.8 Å². The second-order valence-electron chi connectivity index (χ2n) is 6.23. The molecule has 0 fully saturated rings. The maximum absolute atomic E-state index is 11.7. The fraction of sp³-hybridized carbons (Fsp3) is 0.450. The van der Waals surface area contributed by atoms with Gasteiger partial charge in [-0.15, -0.1) is 0 Å². The first-order chi connectivity index (χ1) is 13.8. The van der Waals surface area contributed by atoms with Gasteiger partial charge < -0.3 is 24.3 Å². The van der Waals surface area contributed by atoms with Gasteiger partial charge in [0.05, 0.1) is 19.8 Å². The van der Waals surface area contributed by atoms with Crippen molar-refractivity contribution in [3.63, 3.8) is 0 Å². The van der Waals surface area contributed by atoms with Crippen LogP contribution in [0.3, 0.4) is 0 Å². The predicted molar refractivity (Wildman–Crippen MR) is 107 cm³/mol. The van der Waals surface area contributed by atoms with Crippen molar-refractivity contribution in [1.29, 1.82) is 0 Å². The van der Waals surface area contributed by atoms with Gasteiger partial charge in [0, 0.05) is 11.3 Å². The van der Waals surface area contributed by atoms with E-state index in [1.165, 1.54) is 6.92 Å². The van der Waals surface area contributed by atoms with Crippen molar-refractivity contribution in [2.75, 3.05) is 44.9 Å². The van der Waals surface area contributed by atoms with Crippen molar-refractivity contribution in [2.24, 2.45) is 0 Å². The summed E-state index contributed by atoms with van der Waals surface area (Å²) in [7, 11) is 0. The molecule has 29 heavy (non-hydrogen) atoms. The Morgan fingerprint density at radius 1 is 0.862 bits per heavy atom. The quantitative estimate of drug-likeness (QED) is 0.251. The Morgan fingerprint density at radius 2 is 1.45 bits per heavy atom. The molecule has 1 aromatic rings. The summed E-state index contributed by atoms with van der Waals surface area (Å²) in [6, 6.07) is 5.69. The lowest BCUT2D eigenvalue weighted by molar-refractivity contribution is -0.138. The number of carbonyl (C=O) groups is 3. The number of amides is 2. The van der Waals surface area contributed by atoms with E-state index in [1.807, 2.05) is 32.0 Å². The Labute approximate surface area is 170 Å². The van der Waals surface area contributed by atoms with Crippen LogP contribution in [-0.2, 0) is 23.7 Å². The van der Waals surface area contributed by atoms with Crippen molar-refractivity contribution in [1.82, 2.24) is 5.32 Å². The maximum Gasteiger partial charge on any atom is 0.411 e. The average molecular weight is 408 g/mol. The van der Waals surface area contributed by atoms with Crippen LogP contribution in [0.25, 0.3) is 0 Å². The number of hydrogen-bond donors (Lipinski definition) is 2. The minimum Gasteiger partial charge on any atom is -0.460 e. The Kier molecular flexibility index (Phi) is 10.9. The van der Waals surface area contributed by atoms with Crippen molar-refractivity contribution in [3.05, 3.63) is 41.5 Å². The van der Waals surface area contributed by atoms with E-state index in [0.29, 0.717) is 5.69 Å². The number of anilines is 1. The van der Waals surface area contributed by atoms with E-state index < -0.39 is 18.2 Å². The molecule has 0 radical (unpaired) electrons. The lowest BCUT2D eigenvalue weighted by Gasteiger charge is -2.10. The van der Waals surface area contributed by atoms with Crippen LogP contribution in [0, 0.1) is 13.8 Å². The number of ether oxygens (including phenoxy) is 4. The lowest BCUT2D eigenvalue weighted by Crippen LogP contribution is -2.29. The molecule has 2 N–H and O–H groups in total. The van der Waals surface area contributed by atoms with E-state index >= 15 is 0 Å². The van der Waals surface area contributed by atoms with E-state index in [1.54, 1.807) is 0 Å². The van der Waals surface area contributed by atoms with E-state index in [0.717, 1.165) is 11.1 Å². The van der Waals surface area contributed by atoms with Crippen LogP contribution < -0.4 is 10.6 Å². The highest BCUT2D eigenvalue weighted by atomic mass is 16.6. The number of benzene rings is 1. The summed E-state index contributed by atoms with van der Waals surface area (Å²) in [6.07, 6.45) is -1.22. The molecule has 0 bridgehead atoms. The minimum atomic E-state index is -0.649. The van der Waals surface area contributed by atoms with Crippen molar-refractivity contribution in [2.45, 2.75) is 20.8 Å². The number of aryl methyl sites for hydroxylation is 2. The topological polar surface area (TPSA) is 112 Å². The highest BCUT2D eigenvalue weighted by Crippen LogP contribution is 2.13. The van der Waals surface area contributed by atoms with Crippen LogP contribution >= 0.6 is 0 Å². The highest BCUT2D eigenvalue weighted by molar-refractivity contribution is 5.87. The number of carbonyl (C=O) groups excluding carboxylic acids is 3. The van der Waals surface area contributed by atoms with E-state index in [9.17, 15) is 14.4 Å². The summed E-state index contributed by atoms with van der Waals surface area (Å²) in [5, 5.41) is 5.07. The largest absolute Gasteiger partial charge is 0.460 e. The van der Waals surface area contributed by atoms with Gasteiger partial charge in [0.25, 0.3) is 0 Å². The van der Waals surface area contributed by atoms with Crippen LogP contribution in [-0.4, -0.2) is 57.7 Å². The normalized spacial score (nSPS) is 10.0. The molecule has 0 atom stereocenters. The summed E-state index contributed by atoms with van der Waals surface area (Å²) < 4.78 is 19.9. The second kappa shape index (κ2) is 13.2. The van der Waals surface area contributed by atoms with Crippen LogP contribution in [0.4, 0.5) is 15.3 Å². The van der Waals surface area contributed by atoms with Gasteiger partial charge in [0.2, 0.25) is 0 Å². The van der Waals surface area contributed by atoms with Gasteiger partial charge in [-0.2, -0.15) is 0 Å². The molecular weight excluding hydrogens is 380 g/mol. The van der Waals surface area contributed by atoms with Crippen molar-refractivity contribution < 1.29 is 33.3 Å². The molecule has 0 saturated heterocycles. The highest BCUT2D eigenvalue weighted by Gasteiger charge is 2.06. The molecule has 0 aliphatic heterocycles. The molecule has 1 rings (SSSR count). The molecule has 0 aromatic heterocycles. The van der Waals surface area contributed by atoms with Crippen molar-refractivity contribution in [3.8, 4) is 0 Å². The van der Waals surface area contributed by atoms with Crippen LogP contribution in [0.1, 0.15) is 18.1 Å². The number of alkyl carbamates (subject to hydrolysis) is 1. The summed E-state index contributed by atoms with van der Waals surface area (Å²) in [5.74, 6) is -0.515. The molecular formula is C20H28N2O7. The minimum absolute atomic E-state index is 0.0266. The number of hydrogen-bond acceptors (Lipinski definition) is 7. The van der Waals surface area contributed by atoms with Crippen LogP contribution in [0.15, 0.2) is 30.4 Å². The lowest BCUT2D eigenvalue weighted by atomic mass is 10.1. The van der Waals surface area contributed by atoms with Gasteiger partial charge >= 0.3 is 18.2 Å². The SMILES string of the molecule is C=C(C)C(=O)OCCNC(=O)OCCOCCOC(=O)Nc1cc(C)cc(C)c1. The summed E-state index contributed by atoms with van der Waals surface area (Å²) in [5.41, 5.74) is 3.04. The third kappa shape index (κ3) is 11.4. The second-order valence-corrected chi connectivity index (χ2v) is 6.23. The van der Waals surface area contributed by atoms with Gasteiger partial charge in [-0.05, 0) is 44.0 Å². The Morgan fingerprint density at radius 3 is 2.03 bits per heavy atom. The Bertz CT molecular complexity index is 699. The average Bonchev–Trinajstić information content (AvgIpc) is 2.63. The van der Waals surface area contributed by atoms with Crippen molar-refractivity contribution >= 4 is 23.8 Å². The monoisotopic (exact) mass is 408 g/mol. The number of esters is 1. The molecule has 0 aliphatic rings. The van der Waals surface area contributed by atoms with E-state index in [-0.39, 0.29) is 45.2 Å². The van der Waals surface area contributed by atoms with Gasteiger partial charge in [-0.1, -0.05) is 12.6 Å². The first kappa shape index (κ1) is 24.0. The third-order valence-electron chi connectivity index (χ3n) is 3.34. The molecule has 0 spiro atoms. The van der Waals surface area contributed by atoms with Crippen LogP contribution in [0.2, 0.25) is 0 Å². The first-order valence-corrected chi connectivity index (χ1v) is 9.11. The zero-order valence-electron chi connectivity index (χ0n) is 17.0. The van der Waals surface area contributed by atoms with Gasteiger partial charge in [-0.3, -0.25) is 5.32 Å². The molecule has 160 valence electrons. The first-order valence-electron chi connectivity index (χ1n) is 9.11. The molecule has 0 unspecified atom stereocenters. The van der Waals surface area contributed by atoms with E-state index in [4.69, 9.17) is 18.9 Å². The summed E-state index contributed by atoms with van der Waals surface area (Å²) in [4.78, 5) is 34.2. The molecule has 9 heteroatoms. The Hall–Kier alpha value is -3.07. The molecule has 0 heterocycles. The predicted octanol–water partition coefficient (Wildman–Crippen LogP) is 2.71. The standard InChI is InChI=1S/C20H28N2O7/c1-14(2)18(23)27-6-5-21-19(24)28-9-7-26-8-10-29-20(25)22-17-12-15(3)11-16(4)13-17/h11-13H,1,5-10H2,2-4H3,(H,21,24)(H,22,25). The molecule has 0 saturated carbocycles. The third-order valence-corrected chi connectivity index (χ3v) is 3.34. The smallest absolute Gasteiger partial charge is 0.411 e. The molecule has 9 nitrogen and oxygen atoms in total. The van der Waals surface area contributed by atoms with Crippen LogP contribution in [0.5, 0.6) is 0 Å². The fourth-order valence-electron chi connectivity index (χ4n) is 2.16. The number of nitrogens with one attached hydrogen (secondary N) is 2. The summed E-state index contributed by atoms with van der Waals surface area (Å²) in [6.45, 7) is 9.44. The van der Waals surface area contributed by atoms with E-state index in [2.05, 4.69) is 17.2 Å². The zero-order chi connectivity index (χ0) is 21.6. The summed E-state index contributed by atoms with van der Waals surface area (Å²) >= 11 is 0. The van der Waals surface area contributed by atoms with Gasteiger partial charge in [0.15, 0.2) is 0 Å². The molecule has 2 amide bonds. The zero-order valence-corrected chi connectivity index (χ0v) is 17.0.